The molecule has 2 aliphatic rings. The zero-order valence-corrected chi connectivity index (χ0v) is 14.4. The average molecular weight is 379 g/mol. The Kier molecular flexibility index (Phi) is 6.76. The second-order valence-electron chi connectivity index (χ2n) is 6.87. The van der Waals surface area contributed by atoms with Crippen molar-refractivity contribution in [1.29, 1.82) is 0 Å². The SMILES string of the molecule is C[C@@H](O)C1O[C@H](O[C@@H]2C(N)C[C@@H](N=C(N)N)[C@@H](O)C2O)[C@@H](N)[C@H](O)[C@@H]1O. The van der Waals surface area contributed by atoms with Gasteiger partial charge in [0.2, 0.25) is 0 Å². The quantitative estimate of drug-likeness (QED) is 0.165. The van der Waals surface area contributed by atoms with Crippen molar-refractivity contribution in [3.8, 4) is 0 Å². The number of aliphatic hydroxyl groups excluding tert-OH is 5. The number of aliphatic hydroxyl groups is 5. The van der Waals surface area contributed by atoms with Crippen molar-refractivity contribution < 1.29 is 35.0 Å². The maximum absolute atomic E-state index is 10.3. The van der Waals surface area contributed by atoms with Gasteiger partial charge in [-0.2, -0.15) is 0 Å². The van der Waals surface area contributed by atoms with Crippen molar-refractivity contribution in [3.05, 3.63) is 0 Å². The molecule has 0 amide bonds. The zero-order valence-electron chi connectivity index (χ0n) is 14.4. The van der Waals surface area contributed by atoms with Crippen LogP contribution in [0.3, 0.4) is 0 Å². The number of ether oxygens (including phenoxy) is 2. The van der Waals surface area contributed by atoms with Crippen LogP contribution < -0.4 is 22.9 Å². The Morgan fingerprint density at radius 2 is 1.69 bits per heavy atom. The highest BCUT2D eigenvalue weighted by atomic mass is 16.7. The Labute approximate surface area is 150 Å². The normalized spacial score (nSPS) is 48.0. The maximum Gasteiger partial charge on any atom is 0.186 e. The third-order valence-electron chi connectivity index (χ3n) is 4.78. The van der Waals surface area contributed by atoms with E-state index in [1.165, 1.54) is 6.92 Å². The van der Waals surface area contributed by atoms with Crippen molar-refractivity contribution in [1.82, 2.24) is 0 Å². The van der Waals surface area contributed by atoms with Crippen molar-refractivity contribution in [3.63, 3.8) is 0 Å². The van der Waals surface area contributed by atoms with Gasteiger partial charge < -0.3 is 57.9 Å². The van der Waals surface area contributed by atoms with Crippen LogP contribution in [0.15, 0.2) is 4.99 Å². The first-order chi connectivity index (χ1) is 12.0. The highest BCUT2D eigenvalue weighted by molar-refractivity contribution is 5.75. The molecule has 2 rings (SSSR count). The maximum atomic E-state index is 10.3. The van der Waals surface area contributed by atoms with Crippen LogP contribution in [0, 0.1) is 0 Å². The van der Waals surface area contributed by atoms with Gasteiger partial charge in [0.25, 0.3) is 0 Å². The number of hydrogen-bond acceptors (Lipinski definition) is 10. The second-order valence-corrected chi connectivity index (χ2v) is 6.87. The first-order valence-corrected chi connectivity index (χ1v) is 8.35. The minimum Gasteiger partial charge on any atom is -0.391 e. The van der Waals surface area contributed by atoms with Crippen LogP contribution in [0.5, 0.6) is 0 Å². The molecule has 1 heterocycles. The molecule has 1 aliphatic carbocycles. The van der Waals surface area contributed by atoms with Crippen LogP contribution >= 0.6 is 0 Å². The van der Waals surface area contributed by atoms with Gasteiger partial charge in [0.1, 0.15) is 36.6 Å². The molecule has 1 saturated heterocycles. The fourth-order valence-electron chi connectivity index (χ4n) is 3.32. The van der Waals surface area contributed by atoms with Crippen molar-refractivity contribution >= 4 is 5.96 Å². The summed E-state index contributed by atoms with van der Waals surface area (Å²) in [6.45, 7) is 1.37. The summed E-state index contributed by atoms with van der Waals surface area (Å²) in [4.78, 5) is 3.84. The highest BCUT2D eigenvalue weighted by Gasteiger charge is 2.49. The third kappa shape index (κ3) is 4.24. The molecule has 0 aromatic heterocycles. The predicted molar refractivity (Wildman–Crippen MR) is 89.4 cm³/mol. The molecular weight excluding hydrogens is 350 g/mol. The summed E-state index contributed by atoms with van der Waals surface area (Å²) < 4.78 is 11.1. The Morgan fingerprint density at radius 1 is 1.08 bits per heavy atom. The summed E-state index contributed by atoms with van der Waals surface area (Å²) in [5.74, 6) is -0.248. The van der Waals surface area contributed by atoms with Crippen LogP contribution in [-0.2, 0) is 9.47 Å². The molecule has 13 N–H and O–H groups in total. The molecule has 0 spiro atoms. The van der Waals surface area contributed by atoms with Gasteiger partial charge in [-0.25, -0.2) is 4.99 Å². The lowest BCUT2D eigenvalue weighted by Crippen LogP contribution is -2.67. The van der Waals surface area contributed by atoms with Gasteiger partial charge >= 0.3 is 0 Å². The molecular formula is C14H29N5O7. The van der Waals surface area contributed by atoms with Gasteiger partial charge in [-0.1, -0.05) is 0 Å². The summed E-state index contributed by atoms with van der Waals surface area (Å²) in [5.41, 5.74) is 22.4. The molecule has 2 fully saturated rings. The summed E-state index contributed by atoms with van der Waals surface area (Å²) in [6.07, 6.45) is -10.1. The smallest absolute Gasteiger partial charge is 0.186 e. The van der Waals surface area contributed by atoms with Crippen LogP contribution in [0.2, 0.25) is 0 Å². The van der Waals surface area contributed by atoms with E-state index in [0.717, 1.165) is 0 Å². The number of aliphatic imine (C=N–C) groups is 1. The summed E-state index contributed by atoms with van der Waals surface area (Å²) in [6, 6.07) is -2.73. The van der Waals surface area contributed by atoms with E-state index in [4.69, 9.17) is 32.4 Å². The molecule has 1 saturated carbocycles. The van der Waals surface area contributed by atoms with Crippen LogP contribution in [0.1, 0.15) is 13.3 Å². The Balaban J connectivity index is 2.12. The Bertz CT molecular complexity index is 506. The predicted octanol–water partition coefficient (Wildman–Crippen LogP) is -5.38. The second kappa shape index (κ2) is 8.29. The van der Waals surface area contributed by atoms with Crippen molar-refractivity contribution in [2.24, 2.45) is 27.9 Å². The van der Waals surface area contributed by atoms with Crippen LogP contribution in [0.25, 0.3) is 0 Å². The molecule has 0 radical (unpaired) electrons. The van der Waals surface area contributed by atoms with E-state index in [-0.39, 0.29) is 12.4 Å². The van der Waals surface area contributed by atoms with Crippen LogP contribution in [-0.4, -0.2) is 98.6 Å². The zero-order chi connectivity index (χ0) is 19.8. The lowest BCUT2D eigenvalue weighted by molar-refractivity contribution is -0.301. The fraction of sp³-hybridized carbons (Fsp3) is 0.929. The van der Waals surface area contributed by atoms with E-state index in [2.05, 4.69) is 4.99 Å². The van der Waals surface area contributed by atoms with Gasteiger partial charge in [-0.05, 0) is 13.3 Å². The van der Waals surface area contributed by atoms with Crippen molar-refractivity contribution in [2.75, 3.05) is 0 Å². The van der Waals surface area contributed by atoms with Gasteiger partial charge in [0.15, 0.2) is 12.2 Å². The molecule has 152 valence electrons. The largest absolute Gasteiger partial charge is 0.391 e. The lowest BCUT2D eigenvalue weighted by atomic mass is 9.84. The van der Waals surface area contributed by atoms with Gasteiger partial charge in [-0.15, -0.1) is 0 Å². The minimum absolute atomic E-state index is 0.119. The highest BCUT2D eigenvalue weighted by Crippen LogP contribution is 2.29. The first kappa shape index (κ1) is 21.2. The number of hydrogen-bond donors (Lipinski definition) is 9. The van der Waals surface area contributed by atoms with E-state index < -0.39 is 67.1 Å². The first-order valence-electron chi connectivity index (χ1n) is 8.35. The lowest BCUT2D eigenvalue weighted by Gasteiger charge is -2.46. The van der Waals surface area contributed by atoms with E-state index in [1.54, 1.807) is 0 Å². The molecule has 0 bridgehead atoms. The molecule has 0 aromatic carbocycles. The van der Waals surface area contributed by atoms with Gasteiger partial charge in [-0.3, -0.25) is 0 Å². The topological polar surface area (TPSA) is 236 Å². The third-order valence-corrected chi connectivity index (χ3v) is 4.78. The van der Waals surface area contributed by atoms with Gasteiger partial charge in [0.05, 0.1) is 18.2 Å². The molecule has 0 aromatic rings. The molecule has 12 nitrogen and oxygen atoms in total. The van der Waals surface area contributed by atoms with E-state index in [9.17, 15) is 25.5 Å². The number of nitrogens with zero attached hydrogens (tertiary/aromatic N) is 1. The Hall–Kier alpha value is -1.09. The fourth-order valence-corrected chi connectivity index (χ4v) is 3.32. The summed E-state index contributed by atoms with van der Waals surface area (Å²) in [5, 5.41) is 50.2. The van der Waals surface area contributed by atoms with E-state index in [0.29, 0.717) is 0 Å². The van der Waals surface area contributed by atoms with Gasteiger partial charge in [0, 0.05) is 6.04 Å². The average Bonchev–Trinajstić information content (AvgIpc) is 2.55. The molecule has 3 unspecified atom stereocenters. The van der Waals surface area contributed by atoms with Crippen LogP contribution in [0.4, 0.5) is 0 Å². The standard InChI is InChI=1S/C14H29N5O7/c1-3(20)11-10(24)8(22)6(16)13(25-11)26-12-4(15)2-5(19-14(17)18)7(21)9(12)23/h3-13,20-24H,2,15-16H2,1H3,(H4,17,18,19)/t3-,4?,5-,6+,7-,8+,9?,10+,11?,12-,13-/m1/s1. The van der Waals surface area contributed by atoms with E-state index in [1.807, 2.05) is 0 Å². The summed E-state index contributed by atoms with van der Waals surface area (Å²) >= 11 is 0. The molecule has 12 heteroatoms. The van der Waals surface area contributed by atoms with Crippen molar-refractivity contribution in [2.45, 2.75) is 80.5 Å². The number of rotatable bonds is 4. The Morgan fingerprint density at radius 3 is 2.23 bits per heavy atom. The minimum atomic E-state index is -1.45. The number of guanidine groups is 1. The molecule has 26 heavy (non-hydrogen) atoms. The number of nitrogens with two attached hydrogens (primary N) is 4. The summed E-state index contributed by atoms with van der Waals surface area (Å²) in [7, 11) is 0. The van der Waals surface area contributed by atoms with E-state index >= 15 is 0 Å². The molecule has 1 aliphatic heterocycles. The molecule has 11 atom stereocenters. The monoisotopic (exact) mass is 379 g/mol.